The van der Waals surface area contributed by atoms with Crippen molar-refractivity contribution in [1.29, 1.82) is 0 Å². The molecular formula is C16H24N4O. The molecule has 0 amide bonds. The molecule has 3 N–H and O–H groups in total. The van der Waals surface area contributed by atoms with Gasteiger partial charge in [-0.1, -0.05) is 18.2 Å². The minimum Gasteiger partial charge on any atom is -0.379 e. The minimum absolute atomic E-state index is 0.103. The zero-order valence-corrected chi connectivity index (χ0v) is 12.7. The van der Waals surface area contributed by atoms with E-state index in [-0.39, 0.29) is 12.1 Å². The van der Waals surface area contributed by atoms with Crippen molar-refractivity contribution in [3.05, 3.63) is 30.0 Å². The fourth-order valence-corrected chi connectivity index (χ4v) is 3.18. The van der Waals surface area contributed by atoms with Gasteiger partial charge in [0.1, 0.15) is 0 Å². The molecule has 1 fully saturated rings. The SMILES string of the molecule is CCn1nc(CC(NN)C(OC)C2CC2)c2ccccc21. The van der Waals surface area contributed by atoms with Crippen molar-refractivity contribution in [2.75, 3.05) is 7.11 Å². The molecule has 1 aliphatic rings. The molecule has 1 aliphatic carbocycles. The summed E-state index contributed by atoms with van der Waals surface area (Å²) in [6, 6.07) is 8.48. The first-order valence-electron chi connectivity index (χ1n) is 7.71. The topological polar surface area (TPSA) is 65.1 Å². The molecule has 2 atom stereocenters. The molecule has 114 valence electrons. The fourth-order valence-electron chi connectivity index (χ4n) is 3.18. The summed E-state index contributed by atoms with van der Waals surface area (Å²) in [6.45, 7) is 2.99. The maximum absolute atomic E-state index is 5.78. The van der Waals surface area contributed by atoms with Crippen LogP contribution in [-0.4, -0.2) is 29.0 Å². The lowest BCUT2D eigenvalue weighted by Gasteiger charge is -2.24. The third-order valence-corrected chi connectivity index (χ3v) is 4.42. The predicted molar refractivity (Wildman–Crippen MR) is 83.7 cm³/mol. The Morgan fingerprint density at radius 2 is 2.19 bits per heavy atom. The summed E-state index contributed by atoms with van der Waals surface area (Å²) < 4.78 is 7.72. The number of benzene rings is 1. The molecule has 5 nitrogen and oxygen atoms in total. The monoisotopic (exact) mass is 288 g/mol. The lowest BCUT2D eigenvalue weighted by molar-refractivity contribution is 0.0508. The molecule has 0 radical (unpaired) electrons. The quantitative estimate of drug-likeness (QED) is 0.603. The molecule has 21 heavy (non-hydrogen) atoms. The summed E-state index contributed by atoms with van der Waals surface area (Å²) in [4.78, 5) is 0. The highest BCUT2D eigenvalue weighted by atomic mass is 16.5. The summed E-state index contributed by atoms with van der Waals surface area (Å²) in [7, 11) is 1.77. The Morgan fingerprint density at radius 3 is 2.81 bits per heavy atom. The van der Waals surface area contributed by atoms with Gasteiger partial charge in [0.05, 0.1) is 23.4 Å². The molecule has 0 aliphatic heterocycles. The number of rotatable bonds is 7. The summed E-state index contributed by atoms with van der Waals surface area (Å²) in [5, 5.41) is 5.97. The van der Waals surface area contributed by atoms with E-state index in [4.69, 9.17) is 15.7 Å². The van der Waals surface area contributed by atoms with E-state index in [2.05, 4.69) is 41.3 Å². The van der Waals surface area contributed by atoms with Crippen LogP contribution < -0.4 is 11.3 Å². The van der Waals surface area contributed by atoms with E-state index in [1.807, 2.05) is 0 Å². The molecule has 2 unspecified atom stereocenters. The van der Waals surface area contributed by atoms with Gasteiger partial charge in [-0.05, 0) is 31.7 Å². The van der Waals surface area contributed by atoms with Gasteiger partial charge >= 0.3 is 0 Å². The molecule has 0 saturated heterocycles. The Labute approximate surface area is 125 Å². The predicted octanol–water partition coefficient (Wildman–Crippen LogP) is 1.86. The standard InChI is InChI=1S/C16H24N4O/c1-3-20-15-7-5-4-6-12(15)13(19-20)10-14(18-17)16(21-2)11-8-9-11/h4-7,11,14,16,18H,3,8-10,17H2,1-2H3. The molecular weight excluding hydrogens is 264 g/mol. The third-order valence-electron chi connectivity index (χ3n) is 4.42. The van der Waals surface area contributed by atoms with Crippen molar-refractivity contribution in [3.8, 4) is 0 Å². The number of nitrogens with zero attached hydrogens (tertiary/aromatic N) is 2. The fraction of sp³-hybridized carbons (Fsp3) is 0.562. The average Bonchev–Trinajstić information content (AvgIpc) is 3.29. The number of fused-ring (bicyclic) bond motifs is 1. The molecule has 3 rings (SSSR count). The number of ether oxygens (including phenoxy) is 1. The van der Waals surface area contributed by atoms with Gasteiger partial charge in [0, 0.05) is 25.5 Å². The first-order valence-corrected chi connectivity index (χ1v) is 7.71. The highest BCUT2D eigenvalue weighted by Gasteiger charge is 2.37. The van der Waals surface area contributed by atoms with Crippen LogP contribution >= 0.6 is 0 Å². The number of hydrazine groups is 1. The Balaban J connectivity index is 1.89. The lowest BCUT2D eigenvalue weighted by Crippen LogP contribution is -2.47. The number of aromatic nitrogens is 2. The Morgan fingerprint density at radius 1 is 1.43 bits per heavy atom. The Bertz CT molecular complexity index is 605. The van der Waals surface area contributed by atoms with E-state index in [9.17, 15) is 0 Å². The Kier molecular flexibility index (Phi) is 4.24. The van der Waals surface area contributed by atoms with Crippen LogP contribution in [0, 0.1) is 5.92 Å². The van der Waals surface area contributed by atoms with E-state index in [0.717, 1.165) is 18.7 Å². The van der Waals surface area contributed by atoms with Gasteiger partial charge < -0.3 is 4.74 Å². The van der Waals surface area contributed by atoms with Crippen molar-refractivity contribution in [1.82, 2.24) is 15.2 Å². The van der Waals surface area contributed by atoms with Gasteiger partial charge in [0.2, 0.25) is 0 Å². The van der Waals surface area contributed by atoms with Gasteiger partial charge in [-0.2, -0.15) is 5.10 Å². The lowest BCUT2D eigenvalue weighted by atomic mass is 10.0. The normalized spacial score (nSPS) is 18.0. The van der Waals surface area contributed by atoms with Gasteiger partial charge in [-0.3, -0.25) is 16.0 Å². The van der Waals surface area contributed by atoms with Crippen LogP contribution in [-0.2, 0) is 17.7 Å². The van der Waals surface area contributed by atoms with Crippen LogP contribution in [0.5, 0.6) is 0 Å². The van der Waals surface area contributed by atoms with Crippen molar-refractivity contribution in [2.24, 2.45) is 11.8 Å². The molecule has 0 bridgehead atoms. The maximum atomic E-state index is 5.78. The summed E-state index contributed by atoms with van der Waals surface area (Å²) in [5.74, 6) is 6.42. The Hall–Kier alpha value is -1.43. The maximum Gasteiger partial charge on any atom is 0.0769 e. The minimum atomic E-state index is 0.103. The number of hydrogen-bond donors (Lipinski definition) is 2. The van der Waals surface area contributed by atoms with Gasteiger partial charge in [0.15, 0.2) is 0 Å². The van der Waals surface area contributed by atoms with Crippen molar-refractivity contribution in [2.45, 2.75) is 44.9 Å². The van der Waals surface area contributed by atoms with Crippen molar-refractivity contribution < 1.29 is 4.74 Å². The van der Waals surface area contributed by atoms with Gasteiger partial charge in [0.25, 0.3) is 0 Å². The van der Waals surface area contributed by atoms with Crippen LogP contribution in [0.3, 0.4) is 0 Å². The van der Waals surface area contributed by atoms with E-state index in [1.54, 1.807) is 7.11 Å². The molecule has 0 spiro atoms. The first kappa shape index (κ1) is 14.5. The number of aryl methyl sites for hydroxylation is 1. The van der Waals surface area contributed by atoms with E-state index in [0.29, 0.717) is 5.92 Å². The second-order valence-electron chi connectivity index (χ2n) is 5.79. The van der Waals surface area contributed by atoms with E-state index < -0.39 is 0 Å². The highest BCUT2D eigenvalue weighted by Crippen LogP contribution is 2.36. The van der Waals surface area contributed by atoms with Crippen LogP contribution in [0.15, 0.2) is 24.3 Å². The molecule has 2 aromatic rings. The van der Waals surface area contributed by atoms with Crippen molar-refractivity contribution in [3.63, 3.8) is 0 Å². The van der Waals surface area contributed by atoms with E-state index in [1.165, 1.54) is 23.7 Å². The molecule has 1 aromatic carbocycles. The largest absolute Gasteiger partial charge is 0.379 e. The molecule has 1 aromatic heterocycles. The molecule has 1 saturated carbocycles. The smallest absolute Gasteiger partial charge is 0.0769 e. The van der Waals surface area contributed by atoms with E-state index >= 15 is 0 Å². The van der Waals surface area contributed by atoms with Crippen LogP contribution in [0.4, 0.5) is 0 Å². The van der Waals surface area contributed by atoms with Gasteiger partial charge in [-0.25, -0.2) is 0 Å². The van der Waals surface area contributed by atoms with Crippen LogP contribution in [0.25, 0.3) is 10.9 Å². The second-order valence-corrected chi connectivity index (χ2v) is 5.79. The number of nitrogens with one attached hydrogen (secondary N) is 1. The number of nitrogens with two attached hydrogens (primary N) is 1. The second kappa shape index (κ2) is 6.13. The first-order chi connectivity index (χ1) is 10.3. The summed E-state index contributed by atoms with van der Waals surface area (Å²) in [5.41, 5.74) is 5.22. The summed E-state index contributed by atoms with van der Waals surface area (Å²) >= 11 is 0. The average molecular weight is 288 g/mol. The van der Waals surface area contributed by atoms with Crippen molar-refractivity contribution >= 4 is 10.9 Å². The van der Waals surface area contributed by atoms with Crippen LogP contribution in [0.1, 0.15) is 25.5 Å². The zero-order chi connectivity index (χ0) is 14.8. The number of hydrogen-bond acceptors (Lipinski definition) is 4. The highest BCUT2D eigenvalue weighted by molar-refractivity contribution is 5.82. The number of methoxy groups -OCH3 is 1. The third kappa shape index (κ3) is 2.81. The molecule has 1 heterocycles. The number of para-hydroxylation sites is 1. The molecule has 5 heteroatoms. The van der Waals surface area contributed by atoms with Crippen LogP contribution in [0.2, 0.25) is 0 Å². The van der Waals surface area contributed by atoms with Gasteiger partial charge in [-0.15, -0.1) is 0 Å². The zero-order valence-electron chi connectivity index (χ0n) is 12.7. The summed E-state index contributed by atoms with van der Waals surface area (Å²) in [6.07, 6.45) is 3.43.